The molecule has 3 unspecified atom stereocenters. The Morgan fingerprint density at radius 2 is 2.19 bits per heavy atom. The first-order valence-electron chi connectivity index (χ1n) is 8.76. The standard InChI is InChI=1S/C19H24N4O2.ClH/c1-18(2)16-15(8-4-11-25-16)19(18,20)17(24)22-13-6-3-7-14(12-13)23-10-5-9-21-23;/h3,5-7,9-10,12,15-16H,4,8,11,20H2,1-2H3,(H,22,24);1H. The van der Waals surface area contributed by atoms with Crippen LogP contribution in [0.4, 0.5) is 5.69 Å². The Bertz CT molecular complexity index is 793. The van der Waals surface area contributed by atoms with Gasteiger partial charge in [0.2, 0.25) is 5.91 Å². The van der Waals surface area contributed by atoms with Crippen LogP contribution in [0, 0.1) is 11.3 Å². The normalized spacial score (nSPS) is 29.0. The highest BCUT2D eigenvalue weighted by Crippen LogP contribution is 2.57. The zero-order chi connectivity index (χ0) is 17.7. The molecule has 2 aromatic rings. The molecular weight excluding hydrogens is 352 g/mol. The Kier molecular flexibility index (Phi) is 4.86. The van der Waals surface area contributed by atoms with Crippen LogP contribution in [0.25, 0.3) is 5.69 Å². The van der Waals surface area contributed by atoms with Crippen molar-refractivity contribution < 1.29 is 9.53 Å². The Hall–Kier alpha value is -1.89. The van der Waals surface area contributed by atoms with Gasteiger partial charge in [0.15, 0.2) is 0 Å². The SMILES string of the molecule is CC1(C)C2OCCCC2C1(N)C(=O)Nc1cccc(-n2cccn2)c1.Cl. The van der Waals surface area contributed by atoms with Crippen molar-refractivity contribution >= 4 is 24.0 Å². The lowest BCUT2D eigenvalue weighted by Crippen LogP contribution is -2.81. The van der Waals surface area contributed by atoms with E-state index in [1.807, 2.05) is 50.4 Å². The molecule has 6 nitrogen and oxygen atoms in total. The molecular formula is C19H25ClN4O2. The first kappa shape index (κ1) is 18.9. The fourth-order valence-corrected chi connectivity index (χ4v) is 4.42. The molecule has 0 radical (unpaired) electrons. The molecule has 1 aromatic carbocycles. The van der Waals surface area contributed by atoms with Gasteiger partial charge in [0.1, 0.15) is 5.54 Å². The lowest BCUT2D eigenvalue weighted by atomic mass is 9.46. The van der Waals surface area contributed by atoms with E-state index in [4.69, 9.17) is 10.5 Å². The number of amides is 1. The van der Waals surface area contributed by atoms with E-state index in [1.165, 1.54) is 0 Å². The molecule has 7 heteroatoms. The number of benzene rings is 1. The number of nitrogens with one attached hydrogen (secondary N) is 1. The van der Waals surface area contributed by atoms with E-state index in [2.05, 4.69) is 10.4 Å². The van der Waals surface area contributed by atoms with Crippen molar-refractivity contribution in [2.24, 2.45) is 17.1 Å². The average Bonchev–Trinajstić information content (AvgIpc) is 3.16. The lowest BCUT2D eigenvalue weighted by molar-refractivity contribution is -0.222. The van der Waals surface area contributed by atoms with E-state index in [-0.39, 0.29) is 35.8 Å². The highest BCUT2D eigenvalue weighted by Gasteiger charge is 2.70. The molecule has 2 aliphatic rings. The van der Waals surface area contributed by atoms with Gasteiger partial charge in [-0.05, 0) is 37.1 Å². The minimum Gasteiger partial charge on any atom is -0.377 e. The first-order chi connectivity index (χ1) is 11.9. The van der Waals surface area contributed by atoms with Crippen LogP contribution in [0.15, 0.2) is 42.7 Å². The topological polar surface area (TPSA) is 82.2 Å². The summed E-state index contributed by atoms with van der Waals surface area (Å²) in [6.07, 6.45) is 5.54. The number of fused-ring (bicyclic) bond motifs is 1. The molecule has 4 rings (SSSR count). The number of carbonyl (C=O) groups excluding carboxylic acids is 1. The molecule has 3 atom stereocenters. The molecule has 1 aromatic heterocycles. The van der Waals surface area contributed by atoms with Crippen molar-refractivity contribution in [2.75, 3.05) is 11.9 Å². The minimum absolute atomic E-state index is 0. The Labute approximate surface area is 159 Å². The zero-order valence-electron chi connectivity index (χ0n) is 15.0. The molecule has 1 aliphatic carbocycles. The predicted octanol–water partition coefficient (Wildman–Crippen LogP) is 2.77. The molecule has 1 amide bonds. The van der Waals surface area contributed by atoms with Gasteiger partial charge in [-0.25, -0.2) is 4.68 Å². The summed E-state index contributed by atoms with van der Waals surface area (Å²) in [6, 6.07) is 9.47. The summed E-state index contributed by atoms with van der Waals surface area (Å²) in [6.45, 7) is 4.81. The number of ether oxygens (including phenoxy) is 1. The van der Waals surface area contributed by atoms with Crippen LogP contribution >= 0.6 is 12.4 Å². The summed E-state index contributed by atoms with van der Waals surface area (Å²) >= 11 is 0. The maximum absolute atomic E-state index is 13.1. The number of hydrogen-bond donors (Lipinski definition) is 2. The van der Waals surface area contributed by atoms with E-state index in [1.54, 1.807) is 10.9 Å². The number of hydrogen-bond acceptors (Lipinski definition) is 4. The third kappa shape index (κ3) is 2.64. The second-order valence-electron chi connectivity index (χ2n) is 7.59. The Balaban J connectivity index is 0.00000196. The van der Waals surface area contributed by atoms with Crippen molar-refractivity contribution in [1.29, 1.82) is 0 Å². The molecule has 1 aliphatic heterocycles. The number of nitrogens with zero attached hydrogens (tertiary/aromatic N) is 2. The van der Waals surface area contributed by atoms with Crippen molar-refractivity contribution in [1.82, 2.24) is 9.78 Å². The van der Waals surface area contributed by atoms with Gasteiger partial charge in [-0.1, -0.05) is 19.9 Å². The van der Waals surface area contributed by atoms with Gasteiger partial charge in [0, 0.05) is 36.0 Å². The number of anilines is 1. The van der Waals surface area contributed by atoms with E-state index in [0.29, 0.717) is 0 Å². The van der Waals surface area contributed by atoms with Gasteiger partial charge < -0.3 is 15.8 Å². The summed E-state index contributed by atoms with van der Waals surface area (Å²) in [4.78, 5) is 13.1. The van der Waals surface area contributed by atoms with E-state index in [9.17, 15) is 4.79 Å². The number of aromatic nitrogens is 2. The zero-order valence-corrected chi connectivity index (χ0v) is 15.8. The summed E-state index contributed by atoms with van der Waals surface area (Å²) < 4.78 is 7.64. The second kappa shape index (κ2) is 6.68. The van der Waals surface area contributed by atoms with Crippen LogP contribution in [0.2, 0.25) is 0 Å². The maximum Gasteiger partial charge on any atom is 0.245 e. The van der Waals surface area contributed by atoms with Crippen molar-refractivity contribution in [3.63, 3.8) is 0 Å². The molecule has 0 bridgehead atoms. The largest absolute Gasteiger partial charge is 0.377 e. The first-order valence-corrected chi connectivity index (χ1v) is 8.76. The third-order valence-electron chi connectivity index (χ3n) is 5.93. The molecule has 2 heterocycles. The Morgan fingerprint density at radius 1 is 1.38 bits per heavy atom. The maximum atomic E-state index is 13.1. The Morgan fingerprint density at radius 3 is 2.92 bits per heavy atom. The van der Waals surface area contributed by atoms with Crippen LogP contribution in [0.5, 0.6) is 0 Å². The monoisotopic (exact) mass is 376 g/mol. The third-order valence-corrected chi connectivity index (χ3v) is 5.93. The predicted molar refractivity (Wildman–Crippen MR) is 103 cm³/mol. The second-order valence-corrected chi connectivity index (χ2v) is 7.59. The average molecular weight is 377 g/mol. The number of rotatable bonds is 3. The van der Waals surface area contributed by atoms with Crippen LogP contribution in [0.3, 0.4) is 0 Å². The summed E-state index contributed by atoms with van der Waals surface area (Å²) in [5.74, 6) is -0.0626. The number of nitrogens with two attached hydrogens (primary N) is 1. The van der Waals surface area contributed by atoms with Gasteiger partial charge >= 0.3 is 0 Å². The summed E-state index contributed by atoms with van der Waals surface area (Å²) in [5, 5.41) is 7.24. The van der Waals surface area contributed by atoms with Gasteiger partial charge in [0.25, 0.3) is 0 Å². The minimum atomic E-state index is -0.917. The highest BCUT2D eigenvalue weighted by atomic mass is 35.5. The lowest BCUT2D eigenvalue weighted by Gasteiger charge is -2.65. The quantitative estimate of drug-likeness (QED) is 0.862. The van der Waals surface area contributed by atoms with E-state index in [0.717, 1.165) is 30.8 Å². The highest BCUT2D eigenvalue weighted by molar-refractivity contribution is 6.00. The fraction of sp³-hybridized carbons (Fsp3) is 0.474. The number of carbonyl (C=O) groups is 1. The number of halogens is 1. The summed E-state index contributed by atoms with van der Waals surface area (Å²) in [5.41, 5.74) is 6.96. The van der Waals surface area contributed by atoms with E-state index >= 15 is 0 Å². The summed E-state index contributed by atoms with van der Waals surface area (Å²) in [7, 11) is 0. The van der Waals surface area contributed by atoms with Crippen LogP contribution < -0.4 is 11.1 Å². The van der Waals surface area contributed by atoms with Crippen LogP contribution in [0.1, 0.15) is 26.7 Å². The van der Waals surface area contributed by atoms with Crippen molar-refractivity contribution in [3.05, 3.63) is 42.7 Å². The fourth-order valence-electron chi connectivity index (χ4n) is 4.42. The van der Waals surface area contributed by atoms with Crippen molar-refractivity contribution in [3.8, 4) is 5.69 Å². The van der Waals surface area contributed by atoms with Crippen LogP contribution in [-0.4, -0.2) is 33.9 Å². The van der Waals surface area contributed by atoms with Gasteiger partial charge in [-0.15, -0.1) is 12.4 Å². The van der Waals surface area contributed by atoms with Crippen molar-refractivity contribution in [2.45, 2.75) is 38.3 Å². The molecule has 140 valence electrons. The molecule has 0 spiro atoms. The van der Waals surface area contributed by atoms with Gasteiger partial charge in [-0.2, -0.15) is 5.10 Å². The molecule has 2 fully saturated rings. The van der Waals surface area contributed by atoms with E-state index < -0.39 is 5.54 Å². The molecule has 26 heavy (non-hydrogen) atoms. The van der Waals surface area contributed by atoms with Gasteiger partial charge in [0.05, 0.1) is 11.8 Å². The molecule has 1 saturated heterocycles. The molecule has 1 saturated carbocycles. The van der Waals surface area contributed by atoms with Gasteiger partial charge in [-0.3, -0.25) is 4.79 Å². The molecule has 3 N–H and O–H groups in total. The van der Waals surface area contributed by atoms with Crippen LogP contribution in [-0.2, 0) is 9.53 Å². The smallest absolute Gasteiger partial charge is 0.245 e.